The normalized spacial score (nSPS) is 10.2. The fraction of sp³-hybridized carbons (Fsp3) is 0.300. The summed E-state index contributed by atoms with van der Waals surface area (Å²) < 4.78 is 44.0. The number of rotatable bonds is 2. The average molecular weight is 215 g/mol. The van der Waals surface area contributed by atoms with E-state index in [1.54, 1.807) is 13.8 Å². The number of ether oxygens (including phenoxy) is 1. The van der Waals surface area contributed by atoms with Gasteiger partial charge in [0.05, 0.1) is 6.10 Å². The first kappa shape index (κ1) is 11.4. The molecule has 2 nitrogen and oxygen atoms in total. The molecule has 0 N–H and O–H groups in total. The molecule has 0 aliphatic carbocycles. The molecule has 0 saturated carbocycles. The van der Waals surface area contributed by atoms with Crippen LogP contribution in [0.1, 0.15) is 19.4 Å². The third-order valence-corrected chi connectivity index (χ3v) is 1.60. The van der Waals surface area contributed by atoms with E-state index >= 15 is 0 Å². The van der Waals surface area contributed by atoms with Gasteiger partial charge in [-0.15, -0.1) is 0 Å². The second-order valence-corrected chi connectivity index (χ2v) is 3.14. The Balaban J connectivity index is 3.32. The Morgan fingerprint density at radius 3 is 2.33 bits per heavy atom. The van der Waals surface area contributed by atoms with Crippen LogP contribution < -0.4 is 4.74 Å². The molecule has 0 saturated heterocycles. The summed E-state index contributed by atoms with van der Waals surface area (Å²) in [5, 5.41) is 8.43. The number of hydrogen-bond acceptors (Lipinski definition) is 2. The van der Waals surface area contributed by atoms with Crippen LogP contribution in [0.15, 0.2) is 6.07 Å². The quantitative estimate of drug-likeness (QED) is 0.710. The zero-order valence-corrected chi connectivity index (χ0v) is 8.14. The molecular weight excluding hydrogens is 207 g/mol. The summed E-state index contributed by atoms with van der Waals surface area (Å²) >= 11 is 0. The Bertz CT molecular complexity index is 424. The van der Waals surface area contributed by atoms with E-state index in [-0.39, 0.29) is 0 Å². The number of benzene rings is 1. The second-order valence-electron chi connectivity index (χ2n) is 3.14. The van der Waals surface area contributed by atoms with E-state index in [1.807, 2.05) is 0 Å². The molecule has 0 amide bonds. The third-order valence-electron chi connectivity index (χ3n) is 1.60. The first-order chi connectivity index (χ1) is 6.97. The van der Waals surface area contributed by atoms with Crippen molar-refractivity contribution in [2.24, 2.45) is 0 Å². The molecule has 0 fully saturated rings. The van der Waals surface area contributed by atoms with Gasteiger partial charge in [-0.05, 0) is 13.8 Å². The number of nitriles is 1. The van der Waals surface area contributed by atoms with Crippen molar-refractivity contribution in [1.29, 1.82) is 5.26 Å². The average Bonchev–Trinajstić information content (AvgIpc) is 2.14. The van der Waals surface area contributed by atoms with Crippen LogP contribution in [0.2, 0.25) is 0 Å². The van der Waals surface area contributed by atoms with Gasteiger partial charge in [-0.1, -0.05) is 0 Å². The van der Waals surface area contributed by atoms with Gasteiger partial charge >= 0.3 is 0 Å². The van der Waals surface area contributed by atoms with Gasteiger partial charge in [0, 0.05) is 6.07 Å². The minimum absolute atomic E-state index is 0.393. The predicted octanol–water partition coefficient (Wildman–Crippen LogP) is 2.76. The van der Waals surface area contributed by atoms with Gasteiger partial charge < -0.3 is 4.74 Å². The minimum atomic E-state index is -1.49. The van der Waals surface area contributed by atoms with Crippen molar-refractivity contribution in [3.05, 3.63) is 29.1 Å². The molecule has 0 aliphatic rings. The summed E-state index contributed by atoms with van der Waals surface area (Å²) in [6.45, 7) is 3.21. The maximum atomic E-state index is 13.3. The van der Waals surface area contributed by atoms with Crippen molar-refractivity contribution in [2.45, 2.75) is 20.0 Å². The van der Waals surface area contributed by atoms with Crippen molar-refractivity contribution in [2.75, 3.05) is 0 Å². The molecule has 80 valence electrons. The van der Waals surface area contributed by atoms with Gasteiger partial charge in [-0.2, -0.15) is 5.26 Å². The SMILES string of the molecule is CC(C)Oc1cc(F)c(F)c(C#N)c1F. The largest absolute Gasteiger partial charge is 0.488 e. The highest BCUT2D eigenvalue weighted by Gasteiger charge is 2.20. The highest BCUT2D eigenvalue weighted by Crippen LogP contribution is 2.26. The molecule has 1 aromatic rings. The first-order valence-electron chi connectivity index (χ1n) is 4.21. The van der Waals surface area contributed by atoms with Gasteiger partial charge in [-0.25, -0.2) is 13.2 Å². The Morgan fingerprint density at radius 1 is 1.27 bits per heavy atom. The molecule has 5 heteroatoms. The third kappa shape index (κ3) is 2.21. The van der Waals surface area contributed by atoms with E-state index in [4.69, 9.17) is 10.00 Å². The Hall–Kier alpha value is -1.70. The predicted molar refractivity (Wildman–Crippen MR) is 46.8 cm³/mol. The van der Waals surface area contributed by atoms with Crippen molar-refractivity contribution in [1.82, 2.24) is 0 Å². The highest BCUT2D eigenvalue weighted by atomic mass is 19.2. The fourth-order valence-electron chi connectivity index (χ4n) is 1.02. The molecule has 0 bridgehead atoms. The van der Waals surface area contributed by atoms with Crippen LogP contribution in [0.3, 0.4) is 0 Å². The summed E-state index contributed by atoms with van der Waals surface area (Å²) in [4.78, 5) is 0. The van der Waals surface area contributed by atoms with Crippen LogP contribution in [0, 0.1) is 28.8 Å². The van der Waals surface area contributed by atoms with Crippen LogP contribution in [-0.4, -0.2) is 6.10 Å². The molecule has 0 unspecified atom stereocenters. The Morgan fingerprint density at radius 2 is 1.87 bits per heavy atom. The summed E-state index contributed by atoms with van der Waals surface area (Å²) in [5.41, 5.74) is -0.967. The number of nitrogens with zero attached hydrogens (tertiary/aromatic N) is 1. The van der Waals surface area contributed by atoms with Crippen molar-refractivity contribution < 1.29 is 17.9 Å². The van der Waals surface area contributed by atoms with Gasteiger partial charge in [0.25, 0.3) is 0 Å². The lowest BCUT2D eigenvalue weighted by Crippen LogP contribution is -2.09. The van der Waals surface area contributed by atoms with Gasteiger partial charge in [0.1, 0.15) is 11.6 Å². The van der Waals surface area contributed by atoms with Gasteiger partial charge in [-0.3, -0.25) is 0 Å². The Kier molecular flexibility index (Phi) is 3.20. The van der Waals surface area contributed by atoms with Gasteiger partial charge in [0.15, 0.2) is 23.2 Å². The molecule has 0 aromatic heterocycles. The lowest BCUT2D eigenvalue weighted by atomic mass is 10.2. The number of halogens is 3. The Labute approximate surface area is 84.9 Å². The van der Waals surface area contributed by atoms with E-state index in [2.05, 4.69) is 0 Å². The molecule has 0 heterocycles. The zero-order chi connectivity index (χ0) is 11.6. The van der Waals surface area contributed by atoms with Crippen LogP contribution in [0.4, 0.5) is 13.2 Å². The maximum Gasteiger partial charge on any atom is 0.186 e. The maximum absolute atomic E-state index is 13.3. The molecule has 1 rings (SSSR count). The molecular formula is C10H8F3NO. The monoisotopic (exact) mass is 215 g/mol. The van der Waals surface area contributed by atoms with Gasteiger partial charge in [0.2, 0.25) is 0 Å². The van der Waals surface area contributed by atoms with E-state index < -0.39 is 34.9 Å². The molecule has 1 aromatic carbocycles. The van der Waals surface area contributed by atoms with Crippen LogP contribution in [-0.2, 0) is 0 Å². The number of hydrogen-bond donors (Lipinski definition) is 0. The molecule has 0 spiro atoms. The van der Waals surface area contributed by atoms with E-state index in [9.17, 15) is 13.2 Å². The molecule has 0 atom stereocenters. The second kappa shape index (κ2) is 4.22. The van der Waals surface area contributed by atoms with Crippen molar-refractivity contribution in [3.63, 3.8) is 0 Å². The van der Waals surface area contributed by atoms with E-state index in [0.717, 1.165) is 0 Å². The smallest absolute Gasteiger partial charge is 0.186 e. The topological polar surface area (TPSA) is 33.0 Å². The molecule has 0 radical (unpaired) electrons. The lowest BCUT2D eigenvalue weighted by Gasteiger charge is -2.11. The summed E-state index contributed by atoms with van der Waals surface area (Å²) in [7, 11) is 0. The minimum Gasteiger partial charge on any atom is -0.488 e. The fourth-order valence-corrected chi connectivity index (χ4v) is 1.02. The zero-order valence-electron chi connectivity index (χ0n) is 8.14. The summed E-state index contributed by atoms with van der Waals surface area (Å²) in [5.74, 6) is -4.43. The summed E-state index contributed by atoms with van der Waals surface area (Å²) in [6.07, 6.45) is -0.393. The highest BCUT2D eigenvalue weighted by molar-refractivity contribution is 5.40. The standard InChI is InChI=1S/C10H8F3NO/c1-5(2)15-8-3-7(11)9(12)6(4-14)10(8)13/h3,5H,1-2H3. The van der Waals surface area contributed by atoms with Crippen LogP contribution >= 0.6 is 0 Å². The molecule has 0 aliphatic heterocycles. The van der Waals surface area contributed by atoms with Crippen LogP contribution in [0.5, 0.6) is 5.75 Å². The van der Waals surface area contributed by atoms with E-state index in [1.165, 1.54) is 6.07 Å². The van der Waals surface area contributed by atoms with Crippen molar-refractivity contribution in [3.8, 4) is 11.8 Å². The molecule has 15 heavy (non-hydrogen) atoms. The summed E-state index contributed by atoms with van der Waals surface area (Å²) in [6, 6.07) is 1.84. The first-order valence-corrected chi connectivity index (χ1v) is 4.21. The van der Waals surface area contributed by atoms with Crippen molar-refractivity contribution >= 4 is 0 Å². The van der Waals surface area contributed by atoms with Crippen LogP contribution in [0.25, 0.3) is 0 Å². The van der Waals surface area contributed by atoms with E-state index in [0.29, 0.717) is 6.07 Å². The lowest BCUT2D eigenvalue weighted by molar-refractivity contribution is 0.228.